The standard InChI is InChI=1S/C23H30N2O2/c1-23(2,3)21(24-22(26)18-10-7-11-20(14-18)27-4)16-25-13-12-17-8-5-6-9-19(17)15-25/h5-11,14,21H,12-13,15-16H2,1-4H3,(H,24,26). The lowest BCUT2D eigenvalue weighted by Crippen LogP contribution is -2.51. The Morgan fingerprint density at radius 3 is 2.59 bits per heavy atom. The highest BCUT2D eigenvalue weighted by Crippen LogP contribution is 2.24. The molecule has 0 saturated heterocycles. The molecule has 0 aliphatic carbocycles. The van der Waals surface area contributed by atoms with Gasteiger partial charge < -0.3 is 10.1 Å². The predicted octanol–water partition coefficient (Wildman–Crippen LogP) is 3.90. The Labute approximate surface area is 162 Å². The molecule has 1 N–H and O–H groups in total. The van der Waals surface area contributed by atoms with Gasteiger partial charge in [-0.2, -0.15) is 0 Å². The van der Waals surface area contributed by atoms with Crippen LogP contribution in [-0.4, -0.2) is 37.0 Å². The number of amides is 1. The third-order valence-corrected chi connectivity index (χ3v) is 5.33. The Bertz CT molecular complexity index is 795. The van der Waals surface area contributed by atoms with Crippen molar-refractivity contribution in [2.45, 2.75) is 39.8 Å². The van der Waals surface area contributed by atoms with Crippen molar-refractivity contribution in [1.29, 1.82) is 0 Å². The van der Waals surface area contributed by atoms with Crippen LogP contribution in [0.4, 0.5) is 0 Å². The molecule has 3 rings (SSSR count). The Kier molecular flexibility index (Phi) is 5.85. The van der Waals surface area contributed by atoms with Crippen molar-refractivity contribution in [3.8, 4) is 5.75 Å². The molecule has 0 aromatic heterocycles. The van der Waals surface area contributed by atoms with Gasteiger partial charge >= 0.3 is 0 Å². The predicted molar refractivity (Wildman–Crippen MR) is 109 cm³/mol. The molecule has 4 heteroatoms. The van der Waals surface area contributed by atoms with E-state index in [2.05, 4.69) is 55.3 Å². The second-order valence-corrected chi connectivity index (χ2v) is 8.38. The topological polar surface area (TPSA) is 41.6 Å². The lowest BCUT2D eigenvalue weighted by molar-refractivity contribution is 0.0862. The average Bonchev–Trinajstić information content (AvgIpc) is 2.66. The zero-order valence-electron chi connectivity index (χ0n) is 16.8. The molecule has 0 bridgehead atoms. The van der Waals surface area contributed by atoms with Gasteiger partial charge in [0.25, 0.3) is 5.91 Å². The minimum Gasteiger partial charge on any atom is -0.497 e. The first kappa shape index (κ1) is 19.4. The van der Waals surface area contributed by atoms with E-state index >= 15 is 0 Å². The third kappa shape index (κ3) is 4.89. The maximum absolute atomic E-state index is 12.8. The third-order valence-electron chi connectivity index (χ3n) is 5.33. The van der Waals surface area contributed by atoms with Crippen molar-refractivity contribution in [2.75, 3.05) is 20.2 Å². The van der Waals surface area contributed by atoms with E-state index in [1.54, 1.807) is 13.2 Å². The number of benzene rings is 2. The van der Waals surface area contributed by atoms with E-state index in [1.165, 1.54) is 11.1 Å². The molecule has 1 unspecified atom stereocenters. The maximum atomic E-state index is 12.8. The average molecular weight is 367 g/mol. The van der Waals surface area contributed by atoms with Crippen molar-refractivity contribution in [3.05, 3.63) is 65.2 Å². The van der Waals surface area contributed by atoms with E-state index in [9.17, 15) is 4.79 Å². The van der Waals surface area contributed by atoms with Crippen LogP contribution < -0.4 is 10.1 Å². The summed E-state index contributed by atoms with van der Waals surface area (Å²) in [4.78, 5) is 15.3. The number of carbonyl (C=O) groups is 1. The summed E-state index contributed by atoms with van der Waals surface area (Å²) in [5, 5.41) is 3.26. The minimum atomic E-state index is -0.0498. The Morgan fingerprint density at radius 1 is 1.15 bits per heavy atom. The van der Waals surface area contributed by atoms with Gasteiger partial charge in [-0.15, -0.1) is 0 Å². The number of hydrogen-bond acceptors (Lipinski definition) is 3. The first-order valence-corrected chi connectivity index (χ1v) is 9.61. The summed E-state index contributed by atoms with van der Waals surface area (Å²) < 4.78 is 5.24. The Morgan fingerprint density at radius 2 is 1.89 bits per heavy atom. The highest BCUT2D eigenvalue weighted by atomic mass is 16.5. The number of rotatable bonds is 5. The van der Waals surface area contributed by atoms with Crippen molar-refractivity contribution in [2.24, 2.45) is 5.41 Å². The fourth-order valence-electron chi connectivity index (χ4n) is 3.51. The molecule has 1 aliphatic heterocycles. The summed E-state index contributed by atoms with van der Waals surface area (Å²) in [5.41, 5.74) is 3.44. The van der Waals surface area contributed by atoms with Crippen LogP contribution in [0.2, 0.25) is 0 Å². The van der Waals surface area contributed by atoms with Crippen molar-refractivity contribution in [3.63, 3.8) is 0 Å². The normalized spacial score (nSPS) is 15.7. The zero-order chi connectivity index (χ0) is 19.4. The van der Waals surface area contributed by atoms with Gasteiger partial charge in [-0.1, -0.05) is 51.1 Å². The summed E-state index contributed by atoms with van der Waals surface area (Å²) in [6.07, 6.45) is 1.07. The molecule has 0 spiro atoms. The molecule has 4 nitrogen and oxygen atoms in total. The lowest BCUT2D eigenvalue weighted by atomic mass is 9.85. The summed E-state index contributed by atoms with van der Waals surface area (Å²) in [7, 11) is 1.61. The van der Waals surface area contributed by atoms with Gasteiger partial charge in [0, 0.05) is 31.2 Å². The number of fused-ring (bicyclic) bond motifs is 1. The molecular weight excluding hydrogens is 336 g/mol. The first-order valence-electron chi connectivity index (χ1n) is 9.61. The zero-order valence-corrected chi connectivity index (χ0v) is 16.8. The van der Waals surface area contributed by atoms with E-state index in [1.807, 2.05) is 18.2 Å². The van der Waals surface area contributed by atoms with Gasteiger partial charge in [0.05, 0.1) is 7.11 Å². The maximum Gasteiger partial charge on any atom is 0.251 e. The number of nitrogens with one attached hydrogen (secondary N) is 1. The molecule has 27 heavy (non-hydrogen) atoms. The number of ether oxygens (including phenoxy) is 1. The number of methoxy groups -OCH3 is 1. The highest BCUT2D eigenvalue weighted by Gasteiger charge is 2.29. The van der Waals surface area contributed by atoms with Crippen LogP contribution in [0.5, 0.6) is 5.75 Å². The SMILES string of the molecule is COc1cccc(C(=O)NC(CN2CCc3ccccc3C2)C(C)(C)C)c1. The van der Waals surface area contributed by atoms with Crippen molar-refractivity contribution in [1.82, 2.24) is 10.2 Å². The number of hydrogen-bond donors (Lipinski definition) is 1. The molecule has 0 fully saturated rings. The van der Waals surface area contributed by atoms with E-state index in [0.29, 0.717) is 11.3 Å². The monoisotopic (exact) mass is 366 g/mol. The lowest BCUT2D eigenvalue weighted by Gasteiger charge is -2.38. The van der Waals surface area contributed by atoms with E-state index < -0.39 is 0 Å². The Balaban J connectivity index is 1.70. The fraction of sp³-hybridized carbons (Fsp3) is 0.435. The molecule has 1 aliphatic rings. The van der Waals surface area contributed by atoms with Crippen LogP contribution >= 0.6 is 0 Å². The first-order chi connectivity index (χ1) is 12.9. The molecule has 2 aromatic carbocycles. The van der Waals surface area contributed by atoms with Gasteiger partial charge in [-0.3, -0.25) is 9.69 Å². The highest BCUT2D eigenvalue weighted by molar-refractivity contribution is 5.94. The van der Waals surface area contributed by atoms with Gasteiger partial charge in [-0.25, -0.2) is 0 Å². The molecule has 1 atom stereocenters. The van der Waals surface area contributed by atoms with Crippen LogP contribution in [0.15, 0.2) is 48.5 Å². The summed E-state index contributed by atoms with van der Waals surface area (Å²) in [5.74, 6) is 0.647. The summed E-state index contributed by atoms with van der Waals surface area (Å²) in [6.45, 7) is 9.36. The van der Waals surface area contributed by atoms with Crippen LogP contribution in [0, 0.1) is 5.41 Å². The molecule has 144 valence electrons. The van der Waals surface area contributed by atoms with E-state index in [0.717, 1.165) is 26.1 Å². The minimum absolute atomic E-state index is 0.0362. The molecule has 1 heterocycles. The number of carbonyl (C=O) groups excluding carboxylic acids is 1. The van der Waals surface area contributed by atoms with E-state index in [4.69, 9.17) is 4.74 Å². The largest absolute Gasteiger partial charge is 0.497 e. The van der Waals surface area contributed by atoms with Gasteiger partial charge in [0.15, 0.2) is 0 Å². The summed E-state index contributed by atoms with van der Waals surface area (Å²) >= 11 is 0. The van der Waals surface area contributed by atoms with Gasteiger partial charge in [0.2, 0.25) is 0 Å². The van der Waals surface area contributed by atoms with Crippen molar-refractivity contribution >= 4 is 5.91 Å². The van der Waals surface area contributed by atoms with Crippen LogP contribution in [-0.2, 0) is 13.0 Å². The molecule has 1 amide bonds. The molecular formula is C23H30N2O2. The smallest absolute Gasteiger partial charge is 0.251 e. The van der Waals surface area contributed by atoms with Crippen LogP contribution in [0.25, 0.3) is 0 Å². The van der Waals surface area contributed by atoms with Gasteiger partial charge in [0.1, 0.15) is 5.75 Å². The second-order valence-electron chi connectivity index (χ2n) is 8.38. The summed E-state index contributed by atoms with van der Waals surface area (Å²) in [6, 6.07) is 16.0. The van der Waals surface area contributed by atoms with Crippen LogP contribution in [0.3, 0.4) is 0 Å². The fourth-order valence-corrected chi connectivity index (χ4v) is 3.51. The number of nitrogens with zero attached hydrogens (tertiary/aromatic N) is 1. The molecule has 0 radical (unpaired) electrons. The quantitative estimate of drug-likeness (QED) is 0.873. The van der Waals surface area contributed by atoms with Crippen molar-refractivity contribution < 1.29 is 9.53 Å². The Hall–Kier alpha value is -2.33. The van der Waals surface area contributed by atoms with Gasteiger partial charge in [-0.05, 0) is 41.2 Å². The molecule has 0 saturated carbocycles. The van der Waals surface area contributed by atoms with E-state index in [-0.39, 0.29) is 17.4 Å². The van der Waals surface area contributed by atoms with Crippen LogP contribution in [0.1, 0.15) is 42.3 Å². The second kappa shape index (κ2) is 8.13. The molecule has 2 aromatic rings.